The monoisotopic (exact) mass is 735 g/mol. The highest BCUT2D eigenvalue weighted by Gasteiger charge is 2.37. The van der Waals surface area contributed by atoms with Crippen LogP contribution in [0.1, 0.15) is 81.0 Å². The van der Waals surface area contributed by atoms with Crippen LogP contribution in [0, 0.1) is 17.1 Å². The molecule has 9 nitrogen and oxygen atoms in total. The SMILES string of the molecule is CC(=N)NCC[C@@H]1CCC[C@@H](c2ccc(-n3cc4cc(-c5cc(CCC[C@@H](N)C6CC6)cc(C(F)(F)F)c5F)[nH]c4nc3=O)cc2OC(F)(F)F)N1. The van der Waals surface area contributed by atoms with Gasteiger partial charge in [0.05, 0.1) is 22.8 Å². The number of aromatic amines is 1. The highest BCUT2D eigenvalue weighted by Crippen LogP contribution is 2.39. The van der Waals surface area contributed by atoms with Crippen LogP contribution in [0.4, 0.5) is 30.7 Å². The molecule has 3 heterocycles. The van der Waals surface area contributed by atoms with Gasteiger partial charge in [-0.2, -0.15) is 18.2 Å². The molecule has 2 aromatic heterocycles. The molecule has 2 aliphatic rings. The molecule has 0 radical (unpaired) electrons. The molecular weight excluding hydrogens is 695 g/mol. The quantitative estimate of drug-likeness (QED) is 0.0577. The van der Waals surface area contributed by atoms with Crippen molar-refractivity contribution in [2.45, 2.75) is 95.4 Å². The minimum atomic E-state index is -5.04. The molecule has 16 heteroatoms. The normalized spacial score (nSPS) is 18.8. The van der Waals surface area contributed by atoms with E-state index in [2.05, 4.69) is 25.3 Å². The van der Waals surface area contributed by atoms with Crippen molar-refractivity contribution in [3.05, 3.63) is 75.6 Å². The lowest BCUT2D eigenvalue weighted by molar-refractivity contribution is -0.275. The van der Waals surface area contributed by atoms with Gasteiger partial charge in [-0.1, -0.05) is 12.5 Å². The molecule has 0 bridgehead atoms. The van der Waals surface area contributed by atoms with Gasteiger partial charge < -0.3 is 26.1 Å². The zero-order chi connectivity index (χ0) is 37.4. The zero-order valence-corrected chi connectivity index (χ0v) is 28.4. The predicted molar refractivity (Wildman–Crippen MR) is 182 cm³/mol. The molecule has 2 aromatic carbocycles. The van der Waals surface area contributed by atoms with Crippen molar-refractivity contribution in [3.63, 3.8) is 0 Å². The molecule has 52 heavy (non-hydrogen) atoms. The van der Waals surface area contributed by atoms with Crippen LogP contribution in [0.5, 0.6) is 5.75 Å². The number of aryl methyl sites for hydroxylation is 1. The molecule has 2 fully saturated rings. The molecule has 6 N–H and O–H groups in total. The maximum absolute atomic E-state index is 15.5. The summed E-state index contributed by atoms with van der Waals surface area (Å²) in [7, 11) is 0. The second kappa shape index (κ2) is 14.9. The van der Waals surface area contributed by atoms with Crippen molar-refractivity contribution in [1.29, 1.82) is 5.41 Å². The van der Waals surface area contributed by atoms with E-state index in [1.807, 2.05) is 0 Å². The summed E-state index contributed by atoms with van der Waals surface area (Å²) in [5.74, 6) is -1.25. The number of benzene rings is 2. The van der Waals surface area contributed by atoms with Gasteiger partial charge in [0.2, 0.25) is 0 Å². The van der Waals surface area contributed by atoms with Crippen LogP contribution in [-0.4, -0.2) is 45.4 Å². The van der Waals surface area contributed by atoms with E-state index in [1.165, 1.54) is 30.5 Å². The maximum Gasteiger partial charge on any atom is 0.573 e. The van der Waals surface area contributed by atoms with E-state index in [0.29, 0.717) is 44.0 Å². The van der Waals surface area contributed by atoms with Gasteiger partial charge in [0.15, 0.2) is 0 Å². The Hall–Kier alpha value is -4.44. The number of hydrogen-bond donors (Lipinski definition) is 5. The van der Waals surface area contributed by atoms with Gasteiger partial charge in [-0.3, -0.25) is 9.98 Å². The number of hydrogen-bond acceptors (Lipinski definition) is 6. The second-order valence-corrected chi connectivity index (χ2v) is 13.7. The van der Waals surface area contributed by atoms with Crippen LogP contribution < -0.4 is 26.8 Å². The Morgan fingerprint density at radius 3 is 2.58 bits per heavy atom. The Balaban J connectivity index is 1.31. The molecule has 1 aliphatic heterocycles. The number of amidine groups is 1. The first-order valence-corrected chi connectivity index (χ1v) is 17.3. The molecule has 6 rings (SSSR count). The summed E-state index contributed by atoms with van der Waals surface area (Å²) in [6.07, 6.45) is -2.51. The fraction of sp³-hybridized carbons (Fsp3) is 0.472. The number of H-pyrrole nitrogens is 1. The third kappa shape index (κ3) is 8.95. The van der Waals surface area contributed by atoms with Crippen molar-refractivity contribution in [3.8, 4) is 22.7 Å². The van der Waals surface area contributed by atoms with Gasteiger partial charge in [-0.25, -0.2) is 9.18 Å². The molecule has 4 aromatic rings. The second-order valence-electron chi connectivity index (χ2n) is 13.7. The van der Waals surface area contributed by atoms with Crippen LogP contribution in [-0.2, 0) is 12.6 Å². The van der Waals surface area contributed by atoms with E-state index in [0.717, 1.165) is 42.4 Å². The lowest BCUT2D eigenvalue weighted by Crippen LogP contribution is -2.39. The van der Waals surface area contributed by atoms with E-state index < -0.39 is 41.4 Å². The number of rotatable bonds is 12. The van der Waals surface area contributed by atoms with Crippen molar-refractivity contribution in [2.24, 2.45) is 11.7 Å². The molecule has 1 aliphatic carbocycles. The fourth-order valence-electron chi connectivity index (χ4n) is 6.96. The van der Waals surface area contributed by atoms with Gasteiger partial charge in [0.1, 0.15) is 17.2 Å². The average Bonchev–Trinajstić information content (AvgIpc) is 3.83. The van der Waals surface area contributed by atoms with E-state index in [-0.39, 0.29) is 57.6 Å². The van der Waals surface area contributed by atoms with Crippen LogP contribution in [0.25, 0.3) is 28.0 Å². The highest BCUT2D eigenvalue weighted by molar-refractivity contribution is 5.83. The van der Waals surface area contributed by atoms with Crippen LogP contribution in [0.15, 0.2) is 47.4 Å². The average molecular weight is 736 g/mol. The number of aromatic nitrogens is 3. The number of alkyl halides is 6. The highest BCUT2D eigenvalue weighted by atomic mass is 19.4. The number of ether oxygens (including phenoxy) is 1. The summed E-state index contributed by atoms with van der Waals surface area (Å²) in [6.45, 7) is 2.15. The number of piperidine rings is 1. The van der Waals surface area contributed by atoms with Gasteiger partial charge in [0, 0.05) is 53.4 Å². The predicted octanol–water partition coefficient (Wildman–Crippen LogP) is 7.66. The summed E-state index contributed by atoms with van der Waals surface area (Å²) in [5, 5.41) is 14.1. The lowest BCUT2D eigenvalue weighted by Gasteiger charge is -2.32. The third-order valence-electron chi connectivity index (χ3n) is 9.71. The van der Waals surface area contributed by atoms with Gasteiger partial charge in [0.25, 0.3) is 0 Å². The summed E-state index contributed by atoms with van der Waals surface area (Å²) in [4.78, 5) is 19.9. The van der Waals surface area contributed by atoms with Crippen LogP contribution in [0.3, 0.4) is 0 Å². The Morgan fingerprint density at radius 2 is 1.88 bits per heavy atom. The number of halogens is 7. The summed E-state index contributed by atoms with van der Waals surface area (Å²) in [6, 6.07) is 6.95. The minimum absolute atomic E-state index is 0.000101. The summed E-state index contributed by atoms with van der Waals surface area (Å²) >= 11 is 0. The standard InChI is InChI=1S/C36H40F7N7O2/c1-19(44)46-13-12-23-5-3-7-29(47-23)25-11-10-24(17-31(25)52-36(41,42)43)50-18-22-16-30(48-33(22)49-34(50)51)26-14-20(4-2-6-28(45)21-8-9-21)15-27(32(26)37)35(38,39)40/h10-11,14-18,21,23,28-29,47H,2-9,12-13,45H2,1H3,(H2,44,46)(H,48,49,51)/t23-,28+,29-/m0/s1. The van der Waals surface area contributed by atoms with Gasteiger partial charge >= 0.3 is 18.2 Å². The number of nitrogens with one attached hydrogen (secondary N) is 4. The van der Waals surface area contributed by atoms with Crippen molar-refractivity contribution < 1.29 is 35.5 Å². The number of nitrogens with zero attached hydrogens (tertiary/aromatic N) is 2. The molecule has 0 unspecified atom stereocenters. The topological polar surface area (TPSA) is 134 Å². The third-order valence-corrected chi connectivity index (χ3v) is 9.71. The van der Waals surface area contributed by atoms with Gasteiger partial charge in [-0.05, 0) is 94.0 Å². The maximum atomic E-state index is 15.5. The molecule has 0 spiro atoms. The first-order chi connectivity index (χ1) is 24.6. The van der Waals surface area contributed by atoms with Crippen molar-refractivity contribution >= 4 is 16.9 Å². The Bertz CT molecular complexity index is 1980. The molecule has 1 saturated heterocycles. The smallest absolute Gasteiger partial charge is 0.405 e. The van der Waals surface area contributed by atoms with E-state index >= 15 is 4.39 Å². The van der Waals surface area contributed by atoms with Crippen LogP contribution in [0.2, 0.25) is 0 Å². The fourth-order valence-corrected chi connectivity index (χ4v) is 6.96. The number of fused-ring (bicyclic) bond motifs is 1. The van der Waals surface area contributed by atoms with Crippen LogP contribution >= 0.6 is 0 Å². The first kappa shape index (κ1) is 37.3. The van der Waals surface area contributed by atoms with E-state index in [4.69, 9.17) is 11.1 Å². The van der Waals surface area contributed by atoms with Crippen molar-refractivity contribution in [2.75, 3.05) is 6.54 Å². The largest absolute Gasteiger partial charge is 0.573 e. The Morgan fingerprint density at radius 1 is 1.12 bits per heavy atom. The molecule has 3 atom stereocenters. The summed E-state index contributed by atoms with van der Waals surface area (Å²) in [5.41, 5.74) is 3.89. The summed E-state index contributed by atoms with van der Waals surface area (Å²) < 4.78 is 104. The molecule has 0 amide bonds. The molecule has 280 valence electrons. The Kier molecular flexibility index (Phi) is 10.7. The Labute approximate surface area is 294 Å². The van der Waals surface area contributed by atoms with E-state index in [9.17, 15) is 31.1 Å². The van der Waals surface area contributed by atoms with Gasteiger partial charge in [-0.15, -0.1) is 13.2 Å². The molecule has 1 saturated carbocycles. The minimum Gasteiger partial charge on any atom is -0.405 e. The number of nitrogens with two attached hydrogens (primary N) is 1. The molecular formula is C36H40F7N7O2. The van der Waals surface area contributed by atoms with Crippen molar-refractivity contribution in [1.82, 2.24) is 25.2 Å². The first-order valence-electron chi connectivity index (χ1n) is 17.3. The lowest BCUT2D eigenvalue weighted by atomic mass is 9.91. The zero-order valence-electron chi connectivity index (χ0n) is 28.4. The van der Waals surface area contributed by atoms with E-state index in [1.54, 1.807) is 6.92 Å².